The predicted molar refractivity (Wildman–Crippen MR) is 38.2 cm³/mol. The molecule has 0 rings (SSSR count). The predicted octanol–water partition coefficient (Wildman–Crippen LogP) is 0.0143. The van der Waals surface area contributed by atoms with E-state index in [2.05, 4.69) is 17.6 Å². The highest BCUT2D eigenvalue weighted by Crippen LogP contribution is 2.00. The Morgan fingerprint density at radius 1 is 1.88 bits per heavy atom. The molecule has 0 aromatic rings. The molecule has 46 valence electrons. The number of hydrogen-bond donors (Lipinski definition) is 2. The normalized spacial score (nSPS) is 8.25. The average molecular weight is 150 g/mol. The van der Waals surface area contributed by atoms with Crippen molar-refractivity contribution in [3.05, 3.63) is 0 Å². The summed E-state index contributed by atoms with van der Waals surface area (Å²) in [4.78, 5) is 10.2. The number of rotatable bonds is 0. The zero-order chi connectivity index (χ0) is 6.57. The molecule has 0 amide bonds. The number of carbonyl (C=O) groups is 1. The minimum Gasteiger partial charge on any atom is -0.309 e. The van der Waals surface area contributed by atoms with Crippen LogP contribution in [0.3, 0.4) is 0 Å². The monoisotopic (exact) mass is 150 g/mol. The van der Waals surface area contributed by atoms with E-state index in [1.807, 2.05) is 0 Å². The van der Waals surface area contributed by atoms with E-state index in [1.165, 1.54) is 6.92 Å². The van der Waals surface area contributed by atoms with Crippen LogP contribution < -0.4 is 11.3 Å². The van der Waals surface area contributed by atoms with Crippen LogP contribution in [0.25, 0.3) is 0 Å². The molecule has 0 unspecified atom stereocenters. The Morgan fingerprint density at radius 2 is 2.38 bits per heavy atom. The molecular weight excluding hydrogens is 144 g/mol. The number of nitrogens with one attached hydrogen (secondary N) is 1. The van der Waals surface area contributed by atoms with Crippen LogP contribution in [0.1, 0.15) is 6.92 Å². The topological polar surface area (TPSA) is 55.1 Å². The number of hydrazine groups is 1. The maximum absolute atomic E-state index is 10.2. The molecule has 0 heterocycles. The van der Waals surface area contributed by atoms with Crippen molar-refractivity contribution in [1.82, 2.24) is 5.43 Å². The van der Waals surface area contributed by atoms with E-state index in [1.54, 1.807) is 0 Å². The summed E-state index contributed by atoms with van der Waals surface area (Å²) in [6.07, 6.45) is 0. The molecule has 0 aliphatic rings. The van der Waals surface area contributed by atoms with E-state index in [0.717, 1.165) is 11.8 Å². The molecule has 0 saturated carbocycles. The van der Waals surface area contributed by atoms with E-state index < -0.39 is 0 Å². The minimum absolute atomic E-state index is 0.0621. The highest BCUT2D eigenvalue weighted by molar-refractivity contribution is 8.32. The number of thioether (sulfide) groups is 1. The molecule has 3 nitrogen and oxygen atoms in total. The number of thiocarbonyl (C=S) groups is 1. The van der Waals surface area contributed by atoms with Gasteiger partial charge in [0, 0.05) is 6.92 Å². The molecule has 0 fully saturated rings. The quantitative estimate of drug-likeness (QED) is 0.289. The van der Waals surface area contributed by atoms with Crippen molar-refractivity contribution in [3.63, 3.8) is 0 Å². The molecule has 0 aromatic heterocycles. The zero-order valence-corrected chi connectivity index (χ0v) is 5.94. The van der Waals surface area contributed by atoms with Crippen molar-refractivity contribution in [3.8, 4) is 0 Å². The molecule has 5 heteroatoms. The summed E-state index contributed by atoms with van der Waals surface area (Å²) in [6.45, 7) is 1.42. The largest absolute Gasteiger partial charge is 0.309 e. The Bertz CT molecular complexity index is 114. The first-order valence-corrected chi connectivity index (χ1v) is 3.08. The maximum Gasteiger partial charge on any atom is 0.192 e. The third kappa shape index (κ3) is 4.04. The fourth-order valence-electron chi connectivity index (χ4n) is 0.160. The second-order valence-corrected chi connectivity index (χ2v) is 2.88. The van der Waals surface area contributed by atoms with Gasteiger partial charge >= 0.3 is 0 Å². The summed E-state index contributed by atoms with van der Waals surface area (Å²) in [5, 5.41) is -0.0621. The lowest BCUT2D eigenvalue weighted by Crippen LogP contribution is -2.26. The summed E-state index contributed by atoms with van der Waals surface area (Å²) < 4.78 is 0.303. The van der Waals surface area contributed by atoms with Crippen molar-refractivity contribution in [2.24, 2.45) is 5.84 Å². The molecule has 0 atom stereocenters. The van der Waals surface area contributed by atoms with Gasteiger partial charge in [0.15, 0.2) is 9.44 Å². The first-order valence-electron chi connectivity index (χ1n) is 1.86. The summed E-state index contributed by atoms with van der Waals surface area (Å²) >= 11 is 5.45. The van der Waals surface area contributed by atoms with Crippen LogP contribution in [0.4, 0.5) is 0 Å². The fraction of sp³-hybridized carbons (Fsp3) is 0.333. The van der Waals surface area contributed by atoms with E-state index in [9.17, 15) is 4.79 Å². The van der Waals surface area contributed by atoms with Gasteiger partial charge in [-0.05, 0) is 11.8 Å². The van der Waals surface area contributed by atoms with Crippen LogP contribution in [0, 0.1) is 0 Å². The van der Waals surface area contributed by atoms with Crippen molar-refractivity contribution in [2.75, 3.05) is 0 Å². The summed E-state index contributed by atoms with van der Waals surface area (Å²) in [6, 6.07) is 0. The van der Waals surface area contributed by atoms with Gasteiger partial charge in [0.25, 0.3) is 0 Å². The molecule has 3 N–H and O–H groups in total. The average Bonchev–Trinajstić information content (AvgIpc) is 1.65. The van der Waals surface area contributed by atoms with Gasteiger partial charge < -0.3 is 5.43 Å². The van der Waals surface area contributed by atoms with Gasteiger partial charge in [-0.3, -0.25) is 4.79 Å². The van der Waals surface area contributed by atoms with E-state index in [-0.39, 0.29) is 5.12 Å². The van der Waals surface area contributed by atoms with Crippen LogP contribution in [0.2, 0.25) is 0 Å². The molecular formula is C3H6N2OS2. The number of hydrogen-bond acceptors (Lipinski definition) is 4. The van der Waals surface area contributed by atoms with E-state index in [0.29, 0.717) is 4.32 Å². The molecule has 0 saturated heterocycles. The lowest BCUT2D eigenvalue weighted by atomic mass is 10.9. The number of carbonyl (C=O) groups excluding carboxylic acids is 1. The highest BCUT2D eigenvalue weighted by atomic mass is 32.2. The molecule has 0 radical (unpaired) electrons. The Morgan fingerprint density at radius 3 is 2.50 bits per heavy atom. The van der Waals surface area contributed by atoms with E-state index >= 15 is 0 Å². The summed E-state index contributed by atoms with van der Waals surface area (Å²) in [5.41, 5.74) is 2.17. The SMILES string of the molecule is CC(=O)SC(=S)NN. The van der Waals surface area contributed by atoms with Crippen molar-refractivity contribution < 1.29 is 4.79 Å². The first kappa shape index (κ1) is 7.87. The van der Waals surface area contributed by atoms with Gasteiger partial charge in [0.2, 0.25) is 0 Å². The van der Waals surface area contributed by atoms with Crippen LogP contribution >= 0.6 is 24.0 Å². The first-order chi connectivity index (χ1) is 3.66. The van der Waals surface area contributed by atoms with Gasteiger partial charge in [0.05, 0.1) is 0 Å². The second kappa shape index (κ2) is 3.82. The standard InChI is InChI=1S/C3H6N2OS2/c1-2(6)8-3(7)5-4/h4H2,1H3,(H,5,7). The zero-order valence-electron chi connectivity index (χ0n) is 4.30. The molecule has 8 heavy (non-hydrogen) atoms. The Labute approximate surface area is 57.0 Å². The van der Waals surface area contributed by atoms with Crippen molar-refractivity contribution in [2.45, 2.75) is 6.92 Å². The van der Waals surface area contributed by atoms with Crippen LogP contribution in [-0.4, -0.2) is 9.44 Å². The minimum atomic E-state index is -0.0621. The Kier molecular flexibility index (Phi) is 3.76. The lowest BCUT2D eigenvalue weighted by molar-refractivity contribution is -0.109. The molecule has 0 aliphatic carbocycles. The van der Waals surface area contributed by atoms with E-state index in [4.69, 9.17) is 5.84 Å². The lowest BCUT2D eigenvalue weighted by Gasteiger charge is -1.94. The second-order valence-electron chi connectivity index (χ2n) is 1.03. The Balaban J connectivity index is 3.40. The van der Waals surface area contributed by atoms with Crippen LogP contribution in [-0.2, 0) is 4.79 Å². The maximum atomic E-state index is 10.2. The summed E-state index contributed by atoms with van der Waals surface area (Å²) in [5.74, 6) is 4.86. The fourth-order valence-corrected chi connectivity index (χ4v) is 0.832. The van der Waals surface area contributed by atoms with Crippen LogP contribution in [0.15, 0.2) is 0 Å². The highest BCUT2D eigenvalue weighted by Gasteiger charge is 1.96. The molecule has 0 spiro atoms. The van der Waals surface area contributed by atoms with Gasteiger partial charge in [-0.1, -0.05) is 12.2 Å². The molecule has 0 aliphatic heterocycles. The van der Waals surface area contributed by atoms with Crippen molar-refractivity contribution in [1.29, 1.82) is 0 Å². The third-order valence-electron chi connectivity index (χ3n) is 0.354. The van der Waals surface area contributed by atoms with Gasteiger partial charge in [-0.25, -0.2) is 5.84 Å². The van der Waals surface area contributed by atoms with Crippen LogP contribution in [0.5, 0.6) is 0 Å². The van der Waals surface area contributed by atoms with Gasteiger partial charge in [-0.2, -0.15) is 0 Å². The van der Waals surface area contributed by atoms with Crippen molar-refractivity contribution >= 4 is 33.4 Å². The molecule has 0 bridgehead atoms. The molecule has 0 aromatic carbocycles. The Hall–Kier alpha value is -0.130. The number of nitrogens with two attached hydrogens (primary N) is 1. The third-order valence-corrected chi connectivity index (χ3v) is 1.31. The van der Waals surface area contributed by atoms with Gasteiger partial charge in [-0.15, -0.1) is 0 Å². The smallest absolute Gasteiger partial charge is 0.192 e. The summed E-state index contributed by atoms with van der Waals surface area (Å²) in [7, 11) is 0. The van der Waals surface area contributed by atoms with Gasteiger partial charge in [0.1, 0.15) is 0 Å².